The molecule has 5 N–H and O–H groups in total. The summed E-state index contributed by atoms with van der Waals surface area (Å²) in [6.07, 6.45) is 0. The van der Waals surface area contributed by atoms with Crippen molar-refractivity contribution in [2.24, 2.45) is 5.73 Å². The zero-order valence-electron chi connectivity index (χ0n) is 19.6. The van der Waals surface area contributed by atoms with Gasteiger partial charge in [-0.05, 0) is 41.0 Å². The van der Waals surface area contributed by atoms with E-state index < -0.39 is 17.9 Å². The number of piperazine rings is 1. The SMILES string of the molecule is NC[C@H](NC(=O)c1ccc(-c2ccc(CN3CCN(c4ccccc4)CC3)cc2)cc1)C(=O)NO. The Morgan fingerprint density at radius 2 is 1.46 bits per heavy atom. The third-order valence-corrected chi connectivity index (χ3v) is 6.30. The van der Waals surface area contributed by atoms with Crippen LogP contribution in [0.5, 0.6) is 0 Å². The van der Waals surface area contributed by atoms with Gasteiger partial charge >= 0.3 is 0 Å². The molecule has 1 heterocycles. The Labute approximate surface area is 205 Å². The first-order valence-electron chi connectivity index (χ1n) is 11.7. The zero-order valence-corrected chi connectivity index (χ0v) is 19.6. The summed E-state index contributed by atoms with van der Waals surface area (Å²) in [5, 5.41) is 11.2. The molecule has 35 heavy (non-hydrogen) atoms. The Balaban J connectivity index is 1.31. The van der Waals surface area contributed by atoms with Gasteiger partial charge in [-0.2, -0.15) is 0 Å². The smallest absolute Gasteiger partial charge is 0.267 e. The first-order valence-corrected chi connectivity index (χ1v) is 11.7. The molecule has 1 aliphatic rings. The number of anilines is 1. The highest BCUT2D eigenvalue weighted by Crippen LogP contribution is 2.22. The Bertz CT molecular complexity index is 1110. The lowest BCUT2D eigenvalue weighted by molar-refractivity contribution is -0.130. The number of rotatable bonds is 8. The molecule has 2 amide bonds. The first-order chi connectivity index (χ1) is 17.1. The molecule has 1 atom stereocenters. The molecule has 3 aromatic carbocycles. The number of nitrogens with zero attached hydrogens (tertiary/aromatic N) is 2. The summed E-state index contributed by atoms with van der Waals surface area (Å²) in [5.74, 6) is -1.19. The maximum atomic E-state index is 12.4. The van der Waals surface area contributed by atoms with Crippen molar-refractivity contribution in [2.45, 2.75) is 12.6 Å². The molecule has 8 nitrogen and oxygen atoms in total. The number of carbonyl (C=O) groups is 2. The molecule has 0 bridgehead atoms. The highest BCUT2D eigenvalue weighted by atomic mass is 16.5. The molecule has 0 unspecified atom stereocenters. The minimum Gasteiger partial charge on any atom is -0.369 e. The summed E-state index contributed by atoms with van der Waals surface area (Å²) in [7, 11) is 0. The van der Waals surface area contributed by atoms with E-state index in [0.717, 1.165) is 43.9 Å². The van der Waals surface area contributed by atoms with Crippen molar-refractivity contribution < 1.29 is 14.8 Å². The molecular weight excluding hydrogens is 442 g/mol. The number of nitrogens with one attached hydrogen (secondary N) is 2. The molecule has 1 fully saturated rings. The highest BCUT2D eigenvalue weighted by Gasteiger charge is 2.20. The average molecular weight is 474 g/mol. The molecule has 1 aliphatic heterocycles. The van der Waals surface area contributed by atoms with Crippen LogP contribution in [-0.4, -0.2) is 60.7 Å². The summed E-state index contributed by atoms with van der Waals surface area (Å²) in [4.78, 5) is 28.8. The third kappa shape index (κ3) is 6.24. The van der Waals surface area contributed by atoms with Crippen LogP contribution >= 0.6 is 0 Å². The van der Waals surface area contributed by atoms with E-state index in [2.05, 4.69) is 63.6 Å². The van der Waals surface area contributed by atoms with Gasteiger partial charge < -0.3 is 16.0 Å². The number of carbonyl (C=O) groups excluding carboxylic acids is 2. The van der Waals surface area contributed by atoms with Gasteiger partial charge in [0.1, 0.15) is 6.04 Å². The molecule has 0 saturated carbocycles. The van der Waals surface area contributed by atoms with Gasteiger partial charge in [0, 0.05) is 50.5 Å². The number of hydroxylamine groups is 1. The second kappa shape index (κ2) is 11.6. The normalized spacial score (nSPS) is 14.9. The monoisotopic (exact) mass is 473 g/mol. The topological polar surface area (TPSA) is 111 Å². The van der Waals surface area contributed by atoms with E-state index in [9.17, 15) is 9.59 Å². The standard InChI is InChI=1S/C27H31N5O3/c28-18-25(27(34)30-35)29-26(33)23-12-10-22(11-13-23)21-8-6-20(7-9-21)19-31-14-16-32(17-15-31)24-4-2-1-3-5-24/h1-13,25,35H,14-19,28H2,(H,29,33)(H,30,34)/t25-/m0/s1. The van der Waals surface area contributed by atoms with Crippen LogP contribution in [0, 0.1) is 0 Å². The van der Waals surface area contributed by atoms with Crippen molar-refractivity contribution in [3.05, 3.63) is 90.0 Å². The van der Waals surface area contributed by atoms with Crippen LogP contribution in [-0.2, 0) is 11.3 Å². The van der Waals surface area contributed by atoms with Gasteiger partial charge in [0.15, 0.2) is 0 Å². The molecule has 182 valence electrons. The van der Waals surface area contributed by atoms with Crippen molar-refractivity contribution in [3.63, 3.8) is 0 Å². The van der Waals surface area contributed by atoms with Gasteiger partial charge in [-0.1, -0.05) is 54.6 Å². The Kier molecular flexibility index (Phi) is 8.10. The van der Waals surface area contributed by atoms with Crippen molar-refractivity contribution in [1.29, 1.82) is 0 Å². The summed E-state index contributed by atoms with van der Waals surface area (Å²) < 4.78 is 0. The second-order valence-corrected chi connectivity index (χ2v) is 8.61. The summed E-state index contributed by atoms with van der Waals surface area (Å²) in [5.41, 5.74) is 12.0. The van der Waals surface area contributed by atoms with Crippen molar-refractivity contribution in [3.8, 4) is 11.1 Å². The van der Waals surface area contributed by atoms with Crippen molar-refractivity contribution >= 4 is 17.5 Å². The van der Waals surface area contributed by atoms with Gasteiger partial charge in [-0.15, -0.1) is 0 Å². The predicted octanol–water partition coefficient (Wildman–Crippen LogP) is 2.24. The maximum Gasteiger partial charge on any atom is 0.267 e. The van der Waals surface area contributed by atoms with E-state index in [1.807, 2.05) is 18.2 Å². The molecule has 0 radical (unpaired) electrons. The molecule has 3 aromatic rings. The lowest BCUT2D eigenvalue weighted by Gasteiger charge is -2.36. The van der Waals surface area contributed by atoms with Crippen LogP contribution in [0.15, 0.2) is 78.9 Å². The quantitative estimate of drug-likeness (QED) is 0.295. The zero-order chi connectivity index (χ0) is 24.6. The fourth-order valence-corrected chi connectivity index (χ4v) is 4.23. The number of nitrogens with two attached hydrogens (primary N) is 1. The molecule has 4 rings (SSSR count). The van der Waals surface area contributed by atoms with Gasteiger partial charge in [0.25, 0.3) is 11.8 Å². The number of amides is 2. The largest absolute Gasteiger partial charge is 0.369 e. The van der Waals surface area contributed by atoms with E-state index in [1.165, 1.54) is 16.7 Å². The molecule has 0 aliphatic carbocycles. The Morgan fingerprint density at radius 1 is 0.857 bits per heavy atom. The van der Waals surface area contributed by atoms with Crippen molar-refractivity contribution in [1.82, 2.24) is 15.7 Å². The highest BCUT2D eigenvalue weighted by molar-refractivity contribution is 5.97. The fraction of sp³-hybridized carbons (Fsp3) is 0.259. The van der Waals surface area contributed by atoms with E-state index in [-0.39, 0.29) is 6.54 Å². The van der Waals surface area contributed by atoms with Crippen LogP contribution in [0.4, 0.5) is 5.69 Å². The molecule has 0 aromatic heterocycles. The molecule has 0 spiro atoms. The van der Waals surface area contributed by atoms with Crippen LogP contribution < -0.4 is 21.4 Å². The van der Waals surface area contributed by atoms with E-state index >= 15 is 0 Å². The van der Waals surface area contributed by atoms with Crippen LogP contribution in [0.1, 0.15) is 15.9 Å². The Hall–Kier alpha value is -3.72. The van der Waals surface area contributed by atoms with Gasteiger partial charge in [0.2, 0.25) is 0 Å². The lowest BCUT2D eigenvalue weighted by atomic mass is 10.0. The van der Waals surface area contributed by atoms with Gasteiger partial charge in [0.05, 0.1) is 0 Å². The first kappa shape index (κ1) is 24.4. The summed E-state index contributed by atoms with van der Waals surface area (Å²) in [6, 6.07) is 25.2. The number of benzene rings is 3. The van der Waals surface area contributed by atoms with Gasteiger partial charge in [-0.3, -0.25) is 19.7 Å². The lowest BCUT2D eigenvalue weighted by Crippen LogP contribution is -2.50. The molecule has 8 heteroatoms. The van der Waals surface area contributed by atoms with Crippen molar-refractivity contribution in [2.75, 3.05) is 37.6 Å². The number of para-hydroxylation sites is 1. The molecular formula is C27H31N5O3. The fourth-order valence-electron chi connectivity index (χ4n) is 4.23. The van der Waals surface area contributed by atoms with E-state index in [1.54, 1.807) is 12.1 Å². The minimum atomic E-state index is -0.999. The van der Waals surface area contributed by atoms with E-state index in [0.29, 0.717) is 5.56 Å². The number of hydrogen-bond acceptors (Lipinski definition) is 6. The average Bonchev–Trinajstić information content (AvgIpc) is 2.92. The minimum absolute atomic E-state index is 0.120. The maximum absolute atomic E-state index is 12.4. The Morgan fingerprint density at radius 3 is 2.03 bits per heavy atom. The van der Waals surface area contributed by atoms with Gasteiger partial charge in [-0.25, -0.2) is 5.48 Å². The molecule has 1 saturated heterocycles. The van der Waals surface area contributed by atoms with Crippen LogP contribution in [0.2, 0.25) is 0 Å². The predicted molar refractivity (Wildman–Crippen MR) is 136 cm³/mol. The van der Waals surface area contributed by atoms with Crippen LogP contribution in [0.25, 0.3) is 11.1 Å². The summed E-state index contributed by atoms with van der Waals surface area (Å²) in [6.45, 7) is 4.92. The third-order valence-electron chi connectivity index (χ3n) is 6.30. The van der Waals surface area contributed by atoms with Crippen LogP contribution in [0.3, 0.4) is 0 Å². The number of hydrogen-bond donors (Lipinski definition) is 4. The summed E-state index contributed by atoms with van der Waals surface area (Å²) >= 11 is 0. The van der Waals surface area contributed by atoms with E-state index in [4.69, 9.17) is 10.9 Å². The second-order valence-electron chi connectivity index (χ2n) is 8.61.